The fraction of sp³-hybridized carbons (Fsp3) is 0.411. The molecule has 115 heavy (non-hydrogen) atoms. The number of nitrogens with zero attached hydrogens (tertiary/aromatic N) is 9. The Bertz CT molecular complexity index is 4960. The number of aromatic nitrogens is 6. The Hall–Kier alpha value is -10.9. The number of benzene rings is 6. The lowest BCUT2D eigenvalue weighted by molar-refractivity contribution is 0.0903. The van der Waals surface area contributed by atoms with E-state index in [1.165, 1.54) is 38.0 Å². The van der Waals surface area contributed by atoms with Gasteiger partial charge in [0.2, 0.25) is 0 Å². The lowest BCUT2D eigenvalue weighted by Gasteiger charge is -2.26. The molecular weight excluding hydrogens is 1450 g/mol. The molecule has 4 amide bonds. The Kier molecular flexibility index (Phi) is 30.1. The van der Waals surface area contributed by atoms with Crippen molar-refractivity contribution in [3.63, 3.8) is 0 Å². The molecule has 4 aromatic heterocycles. The SMILES string of the molecule is CCc1nc2c(cnn2CC)c(NC2CCOCC2)c1CNC(=O)c1cccc(C(=O)NCc2cc(-c3cccc(C=O)c3)ccc2OC)c1.CCc1nc2c(cnn2CC)c(NC2CCOCC2)c1CNC(=O)c1cccc(C(=O)NCc2cc(-c3cccc(CN4CCCN(C)CC4)c3)ccc2OC)c1.CN1CCCNCC1. The van der Waals surface area contributed by atoms with Gasteiger partial charge >= 0.3 is 0 Å². The lowest BCUT2D eigenvalue weighted by atomic mass is 10.00. The van der Waals surface area contributed by atoms with Crippen molar-refractivity contribution in [2.24, 2.45) is 0 Å². The van der Waals surface area contributed by atoms with Crippen molar-refractivity contribution in [3.05, 3.63) is 213 Å². The van der Waals surface area contributed by atoms with Crippen LogP contribution >= 0.6 is 0 Å². The summed E-state index contributed by atoms with van der Waals surface area (Å²) in [5, 5.41) is 34.1. The van der Waals surface area contributed by atoms with Crippen LogP contribution in [0.5, 0.6) is 11.5 Å². The number of hydrogen-bond acceptors (Lipinski definition) is 19. The predicted molar refractivity (Wildman–Crippen MR) is 452 cm³/mol. The van der Waals surface area contributed by atoms with E-state index in [2.05, 4.69) is 133 Å². The summed E-state index contributed by atoms with van der Waals surface area (Å²) in [6.07, 6.45) is 12.0. The molecule has 7 N–H and O–H groups in total. The molecule has 8 heterocycles. The summed E-state index contributed by atoms with van der Waals surface area (Å²) in [5.74, 6) is 0.155. The summed E-state index contributed by atoms with van der Waals surface area (Å²) in [5.41, 5.74) is 16.2. The highest BCUT2D eigenvalue weighted by atomic mass is 16.5. The second-order valence-corrected chi connectivity index (χ2v) is 29.7. The topological polar surface area (TPSA) is 278 Å². The average Bonchev–Trinajstić information content (AvgIpc) is 1.52. The molecule has 25 heteroatoms. The van der Waals surface area contributed by atoms with E-state index in [1.807, 2.05) is 71.1 Å². The fourth-order valence-corrected chi connectivity index (χ4v) is 15.2. The number of methoxy groups -OCH3 is 2. The van der Waals surface area contributed by atoms with Gasteiger partial charge in [-0.3, -0.25) is 28.9 Å². The van der Waals surface area contributed by atoms with Crippen LogP contribution in [0.25, 0.3) is 44.3 Å². The van der Waals surface area contributed by atoms with Crippen LogP contribution in [-0.4, -0.2) is 193 Å². The normalized spacial score (nSPS) is 15.2. The molecule has 606 valence electrons. The minimum atomic E-state index is -0.325. The van der Waals surface area contributed by atoms with Gasteiger partial charge in [-0.05, 0) is 206 Å². The van der Waals surface area contributed by atoms with E-state index >= 15 is 0 Å². The number of amides is 4. The maximum Gasteiger partial charge on any atom is 0.251 e. The van der Waals surface area contributed by atoms with Gasteiger partial charge in [-0.25, -0.2) is 19.3 Å². The number of anilines is 2. The van der Waals surface area contributed by atoms with Gasteiger partial charge in [0.05, 0.1) is 48.8 Å². The molecule has 0 atom stereocenters. The Labute approximate surface area is 675 Å². The number of ether oxygens (including phenoxy) is 4. The van der Waals surface area contributed by atoms with Crippen LogP contribution in [0.2, 0.25) is 0 Å². The molecular formula is C90H112N16O9. The summed E-state index contributed by atoms with van der Waals surface area (Å²) >= 11 is 0. The summed E-state index contributed by atoms with van der Waals surface area (Å²) in [7, 11) is 7.59. The van der Waals surface area contributed by atoms with Crippen LogP contribution in [0.4, 0.5) is 11.4 Å². The number of carbonyl (C=O) groups excluding carboxylic acids is 5. The molecule has 0 bridgehead atoms. The number of hydrogen-bond donors (Lipinski definition) is 7. The molecule has 14 rings (SSSR count). The van der Waals surface area contributed by atoms with Crippen LogP contribution in [0.15, 0.2) is 146 Å². The third-order valence-corrected chi connectivity index (χ3v) is 21.8. The molecule has 25 nitrogen and oxygen atoms in total. The zero-order valence-corrected chi connectivity index (χ0v) is 67.9. The molecule has 4 aliphatic heterocycles. The highest BCUT2D eigenvalue weighted by Crippen LogP contribution is 2.35. The average molecular weight is 1560 g/mol. The van der Waals surface area contributed by atoms with E-state index in [0.717, 1.165) is 161 Å². The number of pyridine rings is 2. The molecule has 0 unspecified atom stereocenters. The van der Waals surface area contributed by atoms with Gasteiger partial charge in [-0.2, -0.15) is 10.2 Å². The second-order valence-electron chi connectivity index (χ2n) is 29.7. The lowest BCUT2D eigenvalue weighted by Crippen LogP contribution is -2.30. The molecule has 0 aliphatic carbocycles. The number of likely N-dealkylation sites (N-methyl/N-ethyl adjacent to an activating group) is 2. The van der Waals surface area contributed by atoms with E-state index in [0.29, 0.717) is 91.7 Å². The number of rotatable bonds is 27. The van der Waals surface area contributed by atoms with E-state index in [-0.39, 0.29) is 61.9 Å². The van der Waals surface area contributed by atoms with Crippen molar-refractivity contribution in [1.29, 1.82) is 0 Å². The minimum Gasteiger partial charge on any atom is -0.496 e. The summed E-state index contributed by atoms with van der Waals surface area (Å²) in [4.78, 5) is 82.6. The molecule has 6 aromatic carbocycles. The van der Waals surface area contributed by atoms with Crippen molar-refractivity contribution in [1.82, 2.24) is 70.8 Å². The van der Waals surface area contributed by atoms with Gasteiger partial charge in [-0.1, -0.05) is 74.5 Å². The van der Waals surface area contributed by atoms with Crippen LogP contribution in [-0.2, 0) is 68.1 Å². The molecule has 4 saturated heterocycles. The monoisotopic (exact) mass is 1560 g/mol. The van der Waals surface area contributed by atoms with Crippen molar-refractivity contribution in [3.8, 4) is 33.8 Å². The first-order valence-corrected chi connectivity index (χ1v) is 40.7. The smallest absolute Gasteiger partial charge is 0.251 e. The number of carbonyl (C=O) groups is 5. The number of nitrogens with one attached hydrogen (secondary N) is 7. The summed E-state index contributed by atoms with van der Waals surface area (Å²) < 4.78 is 26.2. The van der Waals surface area contributed by atoms with Gasteiger partial charge in [0.1, 0.15) is 17.8 Å². The zero-order chi connectivity index (χ0) is 80.6. The zero-order valence-electron chi connectivity index (χ0n) is 67.9. The Balaban J connectivity index is 0.000000195. The molecule has 10 aromatic rings. The van der Waals surface area contributed by atoms with E-state index in [9.17, 15) is 24.0 Å². The maximum atomic E-state index is 13.7. The van der Waals surface area contributed by atoms with Gasteiger partial charge in [0, 0.05) is 172 Å². The highest BCUT2D eigenvalue weighted by Gasteiger charge is 2.26. The van der Waals surface area contributed by atoms with Gasteiger partial charge in [-0.15, -0.1) is 0 Å². The number of aldehydes is 1. The van der Waals surface area contributed by atoms with Crippen molar-refractivity contribution < 1.29 is 42.9 Å². The van der Waals surface area contributed by atoms with Gasteiger partial charge in [0.25, 0.3) is 23.6 Å². The first-order chi connectivity index (χ1) is 56.1. The van der Waals surface area contributed by atoms with Crippen LogP contribution in [0, 0.1) is 0 Å². The van der Waals surface area contributed by atoms with E-state index < -0.39 is 0 Å². The summed E-state index contributed by atoms with van der Waals surface area (Å²) in [6, 6.07) is 41.8. The Morgan fingerprint density at radius 2 is 0.948 bits per heavy atom. The van der Waals surface area contributed by atoms with Gasteiger partial charge in [0.15, 0.2) is 11.3 Å². The Morgan fingerprint density at radius 3 is 1.43 bits per heavy atom. The fourth-order valence-electron chi connectivity index (χ4n) is 15.2. The predicted octanol–water partition coefficient (Wildman–Crippen LogP) is 12.1. The van der Waals surface area contributed by atoms with Crippen molar-refractivity contribution in [2.75, 3.05) is 118 Å². The molecule has 0 radical (unpaired) electrons. The molecule has 0 spiro atoms. The third-order valence-electron chi connectivity index (χ3n) is 21.8. The highest BCUT2D eigenvalue weighted by molar-refractivity contribution is 6.01. The van der Waals surface area contributed by atoms with Gasteiger partial charge < -0.3 is 66.0 Å². The van der Waals surface area contributed by atoms with Crippen molar-refractivity contribution >= 4 is 63.4 Å². The van der Waals surface area contributed by atoms with Crippen LogP contribution in [0.3, 0.4) is 0 Å². The van der Waals surface area contributed by atoms with Crippen molar-refractivity contribution in [2.45, 2.75) is 137 Å². The maximum absolute atomic E-state index is 13.7. The molecule has 4 fully saturated rings. The second kappa shape index (κ2) is 41.4. The van der Waals surface area contributed by atoms with Crippen LogP contribution < -0.4 is 46.7 Å². The number of aryl methyl sites for hydroxylation is 4. The third kappa shape index (κ3) is 21.9. The quantitative estimate of drug-likeness (QED) is 0.0236. The van der Waals surface area contributed by atoms with E-state index in [1.54, 1.807) is 68.8 Å². The molecule has 0 saturated carbocycles. The van der Waals surface area contributed by atoms with E-state index in [4.69, 9.17) is 28.9 Å². The summed E-state index contributed by atoms with van der Waals surface area (Å²) in [6.45, 7) is 23.6. The first-order valence-electron chi connectivity index (χ1n) is 40.7. The first kappa shape index (κ1) is 83.5. The molecule has 4 aliphatic rings. The largest absolute Gasteiger partial charge is 0.496 e. The van der Waals surface area contributed by atoms with Crippen LogP contribution in [0.1, 0.15) is 157 Å². The Morgan fingerprint density at radius 1 is 0.496 bits per heavy atom. The standard InChI is InChI=1S/C45H56N8O4.C39H42N6O5.C6H14N2/c1-5-40-38(42(49-37-16-22-57-23-17-37)39-29-48-53(6-2)43(39)50-40)28-47-45(55)35-13-8-12-34(26-35)44(54)46-27-36-25-33(14-15-41(36)56-4)32-11-7-10-31(24-32)30-52-19-9-18-51(3)20-21-52;1-4-34-32(36(43-31-14-16-50-17-15-31)33-23-42-45(5-2)37(33)44-34)22-41-39(48)29-11-7-10-28(20-29)38(47)40-21-30-19-27(12-13-35(30)49-3)26-9-6-8-25(18-26)24-46;1-8-5-2-3-7-4-6-8/h7-8,10-15,24-26,29,37H,5-6,9,16-23,27-28,30H2,1-4H3,(H,46,54)(H,47,55)(H,49,50);6-13,18-20,23-24,31H,4-5,14-17,21-22H2,1-3H3,(H,40,47)(H,41,48)(H,43,44);7H,2-6H2,1H3. The minimum absolute atomic E-state index is 0.201. The number of fused-ring (bicyclic) bond motifs is 2.